The molecule has 2 amide bonds. The van der Waals surface area contributed by atoms with E-state index in [9.17, 15) is 9.59 Å². The predicted molar refractivity (Wildman–Crippen MR) is 89.3 cm³/mol. The van der Waals surface area contributed by atoms with E-state index in [4.69, 9.17) is 0 Å². The third-order valence-electron chi connectivity index (χ3n) is 3.95. The van der Waals surface area contributed by atoms with Crippen molar-refractivity contribution in [2.75, 3.05) is 13.1 Å². The van der Waals surface area contributed by atoms with Crippen LogP contribution in [-0.2, 0) is 11.2 Å². The van der Waals surface area contributed by atoms with Gasteiger partial charge in [0.1, 0.15) is 5.69 Å². The van der Waals surface area contributed by atoms with E-state index in [-0.39, 0.29) is 17.9 Å². The van der Waals surface area contributed by atoms with E-state index in [1.54, 1.807) is 10.9 Å². The summed E-state index contributed by atoms with van der Waals surface area (Å²) < 4.78 is 0. The number of thiazole rings is 1. The van der Waals surface area contributed by atoms with Gasteiger partial charge in [-0.3, -0.25) is 9.59 Å². The standard InChI is InChI=1S/C17H19N3O2S/c21-16-9-14(19-17(22)15-11-23-12-18-15)10-20(16)8-4-7-13-5-2-1-3-6-13/h1-3,5-6,11-12,14H,4,7-10H2,(H,19,22). The number of aryl methyl sites for hydroxylation is 1. The molecule has 2 heterocycles. The molecule has 5 nitrogen and oxygen atoms in total. The Bertz CT molecular complexity index is 658. The molecule has 0 saturated carbocycles. The maximum absolute atomic E-state index is 12.1. The Kier molecular flexibility index (Phi) is 5.02. The molecule has 6 heteroatoms. The first kappa shape index (κ1) is 15.7. The van der Waals surface area contributed by atoms with Crippen molar-refractivity contribution in [2.24, 2.45) is 0 Å². The van der Waals surface area contributed by atoms with Crippen LogP contribution in [0.1, 0.15) is 28.9 Å². The van der Waals surface area contributed by atoms with Crippen LogP contribution in [-0.4, -0.2) is 40.8 Å². The molecule has 3 rings (SSSR count). The number of rotatable bonds is 6. The van der Waals surface area contributed by atoms with Crippen molar-refractivity contribution in [1.82, 2.24) is 15.2 Å². The van der Waals surface area contributed by atoms with Crippen LogP contribution >= 0.6 is 11.3 Å². The maximum Gasteiger partial charge on any atom is 0.271 e. The third kappa shape index (κ3) is 4.16. The second-order valence-corrected chi connectivity index (χ2v) is 6.40. The summed E-state index contributed by atoms with van der Waals surface area (Å²) in [6.45, 7) is 1.32. The van der Waals surface area contributed by atoms with Gasteiger partial charge in [-0.1, -0.05) is 30.3 Å². The van der Waals surface area contributed by atoms with Crippen LogP contribution in [0.25, 0.3) is 0 Å². The van der Waals surface area contributed by atoms with Crippen molar-refractivity contribution in [2.45, 2.75) is 25.3 Å². The zero-order valence-electron chi connectivity index (χ0n) is 12.8. The monoisotopic (exact) mass is 329 g/mol. The molecule has 0 aliphatic carbocycles. The van der Waals surface area contributed by atoms with E-state index in [0.717, 1.165) is 19.4 Å². The molecule has 1 fully saturated rings. The van der Waals surface area contributed by atoms with Gasteiger partial charge in [0.15, 0.2) is 0 Å². The molecule has 1 N–H and O–H groups in total. The van der Waals surface area contributed by atoms with Crippen LogP contribution in [0.4, 0.5) is 0 Å². The van der Waals surface area contributed by atoms with Crippen LogP contribution < -0.4 is 5.32 Å². The van der Waals surface area contributed by atoms with Crippen LogP contribution in [0.3, 0.4) is 0 Å². The third-order valence-corrected chi connectivity index (χ3v) is 4.54. The molecule has 0 bridgehead atoms. The van der Waals surface area contributed by atoms with Crippen molar-refractivity contribution in [3.05, 3.63) is 52.5 Å². The minimum atomic E-state index is -0.199. The van der Waals surface area contributed by atoms with E-state index in [1.807, 2.05) is 23.1 Å². The molecular formula is C17H19N3O2S. The van der Waals surface area contributed by atoms with Crippen molar-refractivity contribution in [3.8, 4) is 0 Å². The van der Waals surface area contributed by atoms with E-state index < -0.39 is 0 Å². The second kappa shape index (κ2) is 7.37. The first-order valence-corrected chi connectivity index (χ1v) is 8.67. The number of nitrogens with one attached hydrogen (secondary N) is 1. The van der Waals surface area contributed by atoms with Gasteiger partial charge in [-0.05, 0) is 18.4 Å². The number of benzene rings is 1. The first-order valence-electron chi connectivity index (χ1n) is 7.73. The first-order chi connectivity index (χ1) is 11.2. The lowest BCUT2D eigenvalue weighted by Gasteiger charge is -2.17. The molecule has 120 valence electrons. The number of nitrogens with zero attached hydrogens (tertiary/aromatic N) is 2. The Morgan fingerprint density at radius 1 is 1.35 bits per heavy atom. The molecule has 1 aliphatic heterocycles. The molecule has 1 atom stereocenters. The lowest BCUT2D eigenvalue weighted by molar-refractivity contribution is -0.127. The highest BCUT2D eigenvalue weighted by Crippen LogP contribution is 2.13. The summed E-state index contributed by atoms with van der Waals surface area (Å²) in [6, 6.07) is 10.1. The molecule has 0 radical (unpaired) electrons. The van der Waals surface area contributed by atoms with Gasteiger partial charge in [-0.25, -0.2) is 4.98 Å². The summed E-state index contributed by atoms with van der Waals surface area (Å²) in [5.41, 5.74) is 3.34. The van der Waals surface area contributed by atoms with Gasteiger partial charge in [0.25, 0.3) is 5.91 Å². The van der Waals surface area contributed by atoms with E-state index in [0.29, 0.717) is 18.7 Å². The highest BCUT2D eigenvalue weighted by molar-refractivity contribution is 7.07. The number of carbonyl (C=O) groups excluding carboxylic acids is 2. The maximum atomic E-state index is 12.1. The fourth-order valence-corrected chi connectivity index (χ4v) is 3.32. The van der Waals surface area contributed by atoms with Crippen LogP contribution in [0.5, 0.6) is 0 Å². The Hall–Kier alpha value is -2.21. The zero-order valence-corrected chi connectivity index (χ0v) is 13.6. The Labute approximate surface area is 139 Å². The zero-order chi connectivity index (χ0) is 16.1. The summed E-state index contributed by atoms with van der Waals surface area (Å²) in [5, 5.41) is 4.60. The average molecular weight is 329 g/mol. The van der Waals surface area contributed by atoms with Crippen LogP contribution in [0.2, 0.25) is 0 Å². The minimum absolute atomic E-state index is 0.113. The van der Waals surface area contributed by atoms with Crippen LogP contribution in [0, 0.1) is 0 Å². The number of amides is 2. The van der Waals surface area contributed by atoms with Gasteiger partial charge >= 0.3 is 0 Å². The normalized spacial score (nSPS) is 17.5. The Morgan fingerprint density at radius 2 is 2.17 bits per heavy atom. The van der Waals surface area contributed by atoms with E-state index in [2.05, 4.69) is 22.4 Å². The lowest BCUT2D eigenvalue weighted by atomic mass is 10.1. The number of hydrogen-bond acceptors (Lipinski definition) is 4. The molecule has 0 spiro atoms. The van der Waals surface area contributed by atoms with Gasteiger partial charge in [0.2, 0.25) is 5.91 Å². The summed E-state index contributed by atoms with van der Waals surface area (Å²) in [5.74, 6) is -0.0863. The lowest BCUT2D eigenvalue weighted by Crippen LogP contribution is -2.37. The van der Waals surface area contributed by atoms with Gasteiger partial charge in [0, 0.05) is 24.9 Å². The van der Waals surface area contributed by atoms with Gasteiger partial charge < -0.3 is 10.2 Å². The van der Waals surface area contributed by atoms with Gasteiger partial charge in [-0.15, -0.1) is 11.3 Å². The predicted octanol–water partition coefficient (Wildman–Crippen LogP) is 2.11. The quantitative estimate of drug-likeness (QED) is 0.883. The number of aromatic nitrogens is 1. The van der Waals surface area contributed by atoms with E-state index >= 15 is 0 Å². The number of hydrogen-bond donors (Lipinski definition) is 1. The van der Waals surface area contributed by atoms with Gasteiger partial charge in [-0.2, -0.15) is 0 Å². The molecule has 23 heavy (non-hydrogen) atoms. The molecule has 1 aromatic heterocycles. The Morgan fingerprint density at radius 3 is 2.91 bits per heavy atom. The molecule has 2 aromatic rings. The largest absolute Gasteiger partial charge is 0.346 e. The molecule has 1 saturated heterocycles. The molecule has 1 aromatic carbocycles. The highest BCUT2D eigenvalue weighted by Gasteiger charge is 2.30. The van der Waals surface area contributed by atoms with Crippen molar-refractivity contribution < 1.29 is 9.59 Å². The highest BCUT2D eigenvalue weighted by atomic mass is 32.1. The summed E-state index contributed by atoms with van der Waals surface area (Å²) in [7, 11) is 0. The Balaban J connectivity index is 1.45. The summed E-state index contributed by atoms with van der Waals surface area (Å²) in [4.78, 5) is 29.9. The summed E-state index contributed by atoms with van der Waals surface area (Å²) >= 11 is 1.39. The van der Waals surface area contributed by atoms with Gasteiger partial charge in [0.05, 0.1) is 11.6 Å². The second-order valence-electron chi connectivity index (χ2n) is 5.68. The van der Waals surface area contributed by atoms with Crippen molar-refractivity contribution >= 4 is 23.2 Å². The number of likely N-dealkylation sites (tertiary alicyclic amines) is 1. The fourth-order valence-electron chi connectivity index (χ4n) is 2.79. The smallest absolute Gasteiger partial charge is 0.271 e. The van der Waals surface area contributed by atoms with Crippen molar-refractivity contribution in [3.63, 3.8) is 0 Å². The fraction of sp³-hybridized carbons (Fsp3) is 0.353. The number of carbonyl (C=O) groups is 2. The minimum Gasteiger partial charge on any atom is -0.346 e. The molecule has 1 unspecified atom stereocenters. The summed E-state index contributed by atoms with van der Waals surface area (Å²) in [6.07, 6.45) is 2.27. The average Bonchev–Trinajstić information content (AvgIpc) is 3.19. The molecular weight excluding hydrogens is 310 g/mol. The SMILES string of the molecule is O=C(NC1CC(=O)N(CCCc2ccccc2)C1)c1cscn1. The van der Waals surface area contributed by atoms with Crippen LogP contribution in [0.15, 0.2) is 41.2 Å². The molecule has 1 aliphatic rings. The topological polar surface area (TPSA) is 62.3 Å². The van der Waals surface area contributed by atoms with E-state index in [1.165, 1.54) is 16.9 Å². The van der Waals surface area contributed by atoms with Crippen molar-refractivity contribution in [1.29, 1.82) is 0 Å².